The molecule has 1 saturated heterocycles. The first-order valence-electron chi connectivity index (χ1n) is 7.52. The summed E-state index contributed by atoms with van der Waals surface area (Å²) in [7, 11) is 1.67. The van der Waals surface area contributed by atoms with Crippen LogP contribution in [-0.4, -0.2) is 41.2 Å². The van der Waals surface area contributed by atoms with Gasteiger partial charge >= 0.3 is 5.97 Å². The van der Waals surface area contributed by atoms with Crippen LogP contribution in [0.4, 0.5) is 0 Å². The summed E-state index contributed by atoms with van der Waals surface area (Å²) in [5, 5.41) is 8.80. The van der Waals surface area contributed by atoms with Crippen LogP contribution in [0.5, 0.6) is 5.75 Å². The number of aromatic nitrogens is 1. The van der Waals surface area contributed by atoms with Gasteiger partial charge in [0.2, 0.25) is 0 Å². The van der Waals surface area contributed by atoms with Crippen molar-refractivity contribution in [3.8, 4) is 5.75 Å². The van der Waals surface area contributed by atoms with Crippen molar-refractivity contribution in [1.82, 2.24) is 9.88 Å². The number of carbonyl (C=O) groups is 1. The molecule has 116 valence electrons. The normalized spacial score (nSPS) is 19.4. The molecule has 1 aromatic rings. The Morgan fingerprint density at radius 3 is 3.05 bits per heavy atom. The second-order valence-corrected chi connectivity index (χ2v) is 5.82. The average molecular weight is 292 g/mol. The molecule has 1 aliphatic heterocycles. The zero-order valence-electron chi connectivity index (χ0n) is 12.8. The maximum absolute atomic E-state index is 10.7. The zero-order chi connectivity index (χ0) is 15.2. The van der Waals surface area contributed by atoms with Crippen LogP contribution in [0.2, 0.25) is 0 Å². The molecule has 0 radical (unpaired) electrons. The maximum atomic E-state index is 10.7. The molecule has 5 heteroatoms. The van der Waals surface area contributed by atoms with E-state index in [2.05, 4.69) is 9.88 Å². The fourth-order valence-corrected chi connectivity index (χ4v) is 2.99. The fraction of sp³-hybridized carbons (Fsp3) is 0.625. The molecular weight excluding hydrogens is 268 g/mol. The van der Waals surface area contributed by atoms with E-state index in [1.807, 2.05) is 19.1 Å². The Morgan fingerprint density at radius 1 is 1.52 bits per heavy atom. The van der Waals surface area contributed by atoms with E-state index in [1.54, 1.807) is 7.11 Å². The first kappa shape index (κ1) is 15.8. The van der Waals surface area contributed by atoms with Gasteiger partial charge in [0.25, 0.3) is 0 Å². The van der Waals surface area contributed by atoms with Crippen LogP contribution in [0, 0.1) is 12.8 Å². The molecule has 0 bridgehead atoms. The third kappa shape index (κ3) is 5.01. The van der Waals surface area contributed by atoms with E-state index >= 15 is 0 Å². The molecule has 0 spiro atoms. The number of nitrogens with zero attached hydrogens (tertiary/aromatic N) is 2. The molecule has 1 N–H and O–H groups in total. The SMILES string of the molecule is COc1cc(C)nc(CN2CCCC(CCC(=O)O)C2)c1. The number of rotatable bonds is 6. The lowest BCUT2D eigenvalue weighted by Gasteiger charge is -2.32. The number of hydrogen-bond acceptors (Lipinski definition) is 4. The highest BCUT2D eigenvalue weighted by molar-refractivity contribution is 5.66. The van der Waals surface area contributed by atoms with Crippen LogP contribution in [-0.2, 0) is 11.3 Å². The molecule has 5 nitrogen and oxygen atoms in total. The van der Waals surface area contributed by atoms with Crippen molar-refractivity contribution < 1.29 is 14.6 Å². The van der Waals surface area contributed by atoms with Crippen LogP contribution in [0.15, 0.2) is 12.1 Å². The lowest BCUT2D eigenvalue weighted by molar-refractivity contribution is -0.137. The molecule has 0 aliphatic carbocycles. The number of methoxy groups -OCH3 is 1. The van der Waals surface area contributed by atoms with E-state index in [1.165, 1.54) is 0 Å². The summed E-state index contributed by atoms with van der Waals surface area (Å²) in [6.07, 6.45) is 3.31. The summed E-state index contributed by atoms with van der Waals surface area (Å²) in [5.41, 5.74) is 1.98. The molecule has 2 heterocycles. The second kappa shape index (κ2) is 7.41. The third-order valence-electron chi connectivity index (χ3n) is 3.97. The van der Waals surface area contributed by atoms with Crippen molar-refractivity contribution in [2.75, 3.05) is 20.2 Å². The third-order valence-corrected chi connectivity index (χ3v) is 3.97. The van der Waals surface area contributed by atoms with Crippen molar-refractivity contribution >= 4 is 5.97 Å². The van der Waals surface area contributed by atoms with Gasteiger partial charge in [-0.25, -0.2) is 0 Å². The fourth-order valence-electron chi connectivity index (χ4n) is 2.99. The van der Waals surface area contributed by atoms with Gasteiger partial charge in [-0.05, 0) is 38.6 Å². The van der Waals surface area contributed by atoms with Crippen LogP contribution >= 0.6 is 0 Å². The number of likely N-dealkylation sites (tertiary alicyclic amines) is 1. The Labute approximate surface area is 125 Å². The zero-order valence-corrected chi connectivity index (χ0v) is 12.8. The molecule has 1 fully saturated rings. The summed E-state index contributed by atoms with van der Waals surface area (Å²) < 4.78 is 5.29. The molecule has 0 amide bonds. The molecule has 1 atom stereocenters. The van der Waals surface area contributed by atoms with Gasteiger partial charge in [-0.2, -0.15) is 0 Å². The van der Waals surface area contributed by atoms with Gasteiger partial charge in [-0.3, -0.25) is 14.7 Å². The number of pyridine rings is 1. The van der Waals surface area contributed by atoms with Gasteiger partial charge < -0.3 is 9.84 Å². The summed E-state index contributed by atoms with van der Waals surface area (Å²) in [4.78, 5) is 17.6. The molecule has 1 aromatic heterocycles. The van der Waals surface area contributed by atoms with E-state index in [0.717, 1.165) is 56.0 Å². The molecule has 1 aliphatic rings. The average Bonchev–Trinajstić information content (AvgIpc) is 2.45. The number of piperidine rings is 1. The van der Waals surface area contributed by atoms with E-state index < -0.39 is 5.97 Å². The molecule has 0 aromatic carbocycles. The maximum Gasteiger partial charge on any atom is 0.303 e. The molecule has 21 heavy (non-hydrogen) atoms. The van der Waals surface area contributed by atoms with Crippen LogP contribution in [0.3, 0.4) is 0 Å². The highest BCUT2D eigenvalue weighted by Gasteiger charge is 2.21. The topological polar surface area (TPSA) is 62.7 Å². The Balaban J connectivity index is 1.92. The van der Waals surface area contributed by atoms with Crippen LogP contribution < -0.4 is 4.74 Å². The quantitative estimate of drug-likeness (QED) is 0.872. The van der Waals surface area contributed by atoms with Crippen molar-refractivity contribution in [2.24, 2.45) is 5.92 Å². The van der Waals surface area contributed by atoms with Crippen LogP contribution in [0.25, 0.3) is 0 Å². The standard InChI is InChI=1S/C16H24N2O3/c1-12-8-15(21-2)9-14(17-12)11-18-7-3-4-13(10-18)5-6-16(19)20/h8-9,13H,3-7,10-11H2,1-2H3,(H,19,20). The number of carboxylic acid groups (broad SMARTS) is 1. The number of aliphatic carboxylic acids is 1. The van der Waals surface area contributed by atoms with E-state index in [0.29, 0.717) is 5.92 Å². The molecule has 2 rings (SSSR count). The molecular formula is C16H24N2O3. The summed E-state index contributed by atoms with van der Waals surface area (Å²) in [6.45, 7) is 4.80. The van der Waals surface area contributed by atoms with Crippen molar-refractivity contribution in [1.29, 1.82) is 0 Å². The largest absolute Gasteiger partial charge is 0.497 e. The van der Waals surface area contributed by atoms with Crippen molar-refractivity contribution in [3.63, 3.8) is 0 Å². The predicted molar refractivity (Wildman–Crippen MR) is 80.4 cm³/mol. The monoisotopic (exact) mass is 292 g/mol. The van der Waals surface area contributed by atoms with Gasteiger partial charge in [0, 0.05) is 37.3 Å². The van der Waals surface area contributed by atoms with Gasteiger partial charge in [-0.1, -0.05) is 0 Å². The second-order valence-electron chi connectivity index (χ2n) is 5.82. The minimum absolute atomic E-state index is 0.273. The lowest BCUT2D eigenvalue weighted by Crippen LogP contribution is -2.35. The number of carboxylic acids is 1. The predicted octanol–water partition coefficient (Wildman–Crippen LogP) is 2.48. The Hall–Kier alpha value is -1.62. The molecule has 0 saturated carbocycles. The van der Waals surface area contributed by atoms with Crippen molar-refractivity contribution in [3.05, 3.63) is 23.5 Å². The van der Waals surface area contributed by atoms with E-state index in [9.17, 15) is 4.79 Å². The minimum atomic E-state index is -0.697. The highest BCUT2D eigenvalue weighted by Crippen LogP contribution is 2.23. The van der Waals surface area contributed by atoms with Gasteiger partial charge in [0.15, 0.2) is 0 Å². The Kier molecular flexibility index (Phi) is 5.56. The van der Waals surface area contributed by atoms with Gasteiger partial charge in [-0.15, -0.1) is 0 Å². The number of hydrogen-bond donors (Lipinski definition) is 1. The highest BCUT2D eigenvalue weighted by atomic mass is 16.5. The van der Waals surface area contributed by atoms with E-state index in [4.69, 9.17) is 9.84 Å². The lowest BCUT2D eigenvalue weighted by atomic mass is 9.93. The smallest absolute Gasteiger partial charge is 0.303 e. The van der Waals surface area contributed by atoms with Gasteiger partial charge in [0.05, 0.1) is 12.8 Å². The first-order valence-corrected chi connectivity index (χ1v) is 7.52. The summed E-state index contributed by atoms with van der Waals surface area (Å²) >= 11 is 0. The van der Waals surface area contributed by atoms with Crippen molar-refractivity contribution in [2.45, 2.75) is 39.2 Å². The number of ether oxygens (including phenoxy) is 1. The summed E-state index contributed by atoms with van der Waals surface area (Å²) in [6, 6.07) is 3.91. The van der Waals surface area contributed by atoms with E-state index in [-0.39, 0.29) is 6.42 Å². The first-order chi connectivity index (χ1) is 10.1. The Bertz CT molecular complexity index is 490. The number of aryl methyl sites for hydroxylation is 1. The minimum Gasteiger partial charge on any atom is -0.497 e. The van der Waals surface area contributed by atoms with Crippen LogP contribution in [0.1, 0.15) is 37.1 Å². The van der Waals surface area contributed by atoms with Gasteiger partial charge in [0.1, 0.15) is 5.75 Å². The Morgan fingerprint density at radius 2 is 2.33 bits per heavy atom. The molecule has 1 unspecified atom stereocenters. The summed E-state index contributed by atoms with van der Waals surface area (Å²) in [5.74, 6) is 0.635.